The number of amides is 1. The van der Waals surface area contributed by atoms with Crippen molar-refractivity contribution in [1.82, 2.24) is 34.4 Å². The van der Waals surface area contributed by atoms with Gasteiger partial charge in [0.2, 0.25) is 5.91 Å². The number of rotatable bonds is 8. The van der Waals surface area contributed by atoms with Crippen molar-refractivity contribution in [3.05, 3.63) is 51.6 Å². The van der Waals surface area contributed by atoms with E-state index in [0.29, 0.717) is 29.8 Å². The van der Waals surface area contributed by atoms with E-state index in [0.717, 1.165) is 56.1 Å². The van der Waals surface area contributed by atoms with E-state index in [-0.39, 0.29) is 17.9 Å². The number of aromatic nitrogens is 4. The second-order valence-corrected chi connectivity index (χ2v) is 9.28. The number of aryl methyl sites for hydroxylation is 4. The summed E-state index contributed by atoms with van der Waals surface area (Å²) in [5.74, 6) is -0.0469. The molecular formula is C25H35N7O2. The summed E-state index contributed by atoms with van der Waals surface area (Å²) in [6, 6.07) is 7.99. The fraction of sp³-hybridized carbons (Fsp3) is 0.520. The standard InChI is InChI=1S/C25H35N7O2/c1-18-6-8-20(9-7-18)32-24-23(19(2)28-32)27-21(25(34)30(24)4)10-11-22(33)26-12-5-13-31-16-14-29(3)15-17-31/h6-9H,5,10-17H2,1-4H3,(H,26,33). The largest absolute Gasteiger partial charge is 0.356 e. The van der Waals surface area contributed by atoms with E-state index < -0.39 is 0 Å². The first-order valence-corrected chi connectivity index (χ1v) is 12.0. The SMILES string of the molecule is Cc1ccc(-n2nc(C)c3nc(CCC(=O)NCCCN4CCN(C)CC4)c(=O)n(C)c32)cc1. The zero-order valence-corrected chi connectivity index (χ0v) is 20.7. The quantitative estimate of drug-likeness (QED) is 0.507. The van der Waals surface area contributed by atoms with Gasteiger partial charge in [-0.05, 0) is 46.0 Å². The summed E-state index contributed by atoms with van der Waals surface area (Å²) in [5.41, 5.74) is 4.33. The van der Waals surface area contributed by atoms with Crippen molar-refractivity contribution in [2.24, 2.45) is 7.05 Å². The third-order valence-electron chi connectivity index (χ3n) is 6.56. The van der Waals surface area contributed by atoms with E-state index >= 15 is 0 Å². The third-order valence-corrected chi connectivity index (χ3v) is 6.56. The van der Waals surface area contributed by atoms with Crippen LogP contribution in [0, 0.1) is 13.8 Å². The molecular weight excluding hydrogens is 430 g/mol. The highest BCUT2D eigenvalue weighted by Crippen LogP contribution is 2.19. The maximum atomic E-state index is 13.0. The van der Waals surface area contributed by atoms with Crippen molar-refractivity contribution in [3.63, 3.8) is 0 Å². The van der Waals surface area contributed by atoms with E-state index in [9.17, 15) is 9.59 Å². The molecule has 0 saturated carbocycles. The summed E-state index contributed by atoms with van der Waals surface area (Å²) < 4.78 is 3.35. The molecule has 0 bridgehead atoms. The Kier molecular flexibility index (Phi) is 7.43. The fourth-order valence-electron chi connectivity index (χ4n) is 4.36. The van der Waals surface area contributed by atoms with Gasteiger partial charge in [0, 0.05) is 52.6 Å². The second-order valence-electron chi connectivity index (χ2n) is 9.28. The molecule has 1 fully saturated rings. The molecule has 0 unspecified atom stereocenters. The van der Waals surface area contributed by atoms with Crippen LogP contribution in [0.5, 0.6) is 0 Å². The van der Waals surface area contributed by atoms with Crippen molar-refractivity contribution in [1.29, 1.82) is 0 Å². The molecule has 3 aromatic rings. The summed E-state index contributed by atoms with van der Waals surface area (Å²) in [5, 5.41) is 7.61. The van der Waals surface area contributed by atoms with Gasteiger partial charge in [-0.15, -0.1) is 0 Å². The Balaban J connectivity index is 1.37. The Morgan fingerprint density at radius 3 is 2.47 bits per heavy atom. The average molecular weight is 466 g/mol. The van der Waals surface area contributed by atoms with Gasteiger partial charge >= 0.3 is 0 Å². The van der Waals surface area contributed by atoms with Crippen LogP contribution in [-0.2, 0) is 18.3 Å². The van der Waals surface area contributed by atoms with Gasteiger partial charge in [-0.1, -0.05) is 17.7 Å². The van der Waals surface area contributed by atoms with E-state index in [1.165, 1.54) is 0 Å². The molecule has 0 atom stereocenters. The molecule has 34 heavy (non-hydrogen) atoms. The number of nitrogens with zero attached hydrogens (tertiary/aromatic N) is 6. The first-order valence-electron chi connectivity index (χ1n) is 12.0. The number of nitrogens with one attached hydrogen (secondary N) is 1. The number of likely N-dealkylation sites (N-methyl/N-ethyl adjacent to an activating group) is 1. The number of carbonyl (C=O) groups excluding carboxylic acids is 1. The lowest BCUT2D eigenvalue weighted by molar-refractivity contribution is -0.121. The number of hydrogen-bond acceptors (Lipinski definition) is 6. The maximum absolute atomic E-state index is 13.0. The zero-order valence-electron chi connectivity index (χ0n) is 20.7. The van der Waals surface area contributed by atoms with Gasteiger partial charge in [0.15, 0.2) is 5.65 Å². The van der Waals surface area contributed by atoms with Crippen LogP contribution in [0.4, 0.5) is 0 Å². The highest BCUT2D eigenvalue weighted by Gasteiger charge is 2.18. The van der Waals surface area contributed by atoms with Crippen LogP contribution in [-0.4, -0.2) is 81.4 Å². The van der Waals surface area contributed by atoms with Gasteiger partial charge in [-0.25, -0.2) is 9.67 Å². The normalized spacial score (nSPS) is 15.2. The highest BCUT2D eigenvalue weighted by molar-refractivity contribution is 5.77. The van der Waals surface area contributed by atoms with E-state index in [4.69, 9.17) is 0 Å². The number of benzene rings is 1. The van der Waals surface area contributed by atoms with Crippen LogP contribution in [0.25, 0.3) is 16.9 Å². The van der Waals surface area contributed by atoms with Crippen LogP contribution in [0.2, 0.25) is 0 Å². The van der Waals surface area contributed by atoms with Crippen LogP contribution in [0.15, 0.2) is 29.1 Å². The number of piperazine rings is 1. The molecule has 1 aliphatic rings. The number of hydrogen-bond donors (Lipinski definition) is 1. The minimum atomic E-state index is -0.191. The Morgan fingerprint density at radius 1 is 1.06 bits per heavy atom. The summed E-state index contributed by atoms with van der Waals surface area (Å²) in [6.07, 6.45) is 1.48. The first kappa shape index (κ1) is 24.1. The number of carbonyl (C=O) groups is 1. The lowest BCUT2D eigenvalue weighted by Crippen LogP contribution is -2.45. The van der Waals surface area contributed by atoms with Gasteiger partial charge in [-0.3, -0.25) is 14.2 Å². The van der Waals surface area contributed by atoms with Crippen molar-refractivity contribution in [2.75, 3.05) is 46.3 Å². The van der Waals surface area contributed by atoms with Crippen LogP contribution in [0.3, 0.4) is 0 Å². The third kappa shape index (κ3) is 5.37. The lowest BCUT2D eigenvalue weighted by Gasteiger charge is -2.32. The molecule has 4 rings (SSSR count). The Hall–Kier alpha value is -3.04. The molecule has 0 radical (unpaired) electrons. The minimum Gasteiger partial charge on any atom is -0.356 e. The topological polar surface area (TPSA) is 88.3 Å². The molecule has 1 amide bonds. The van der Waals surface area contributed by atoms with Gasteiger partial charge in [0.05, 0.1) is 11.4 Å². The van der Waals surface area contributed by atoms with Gasteiger partial charge in [0.25, 0.3) is 5.56 Å². The summed E-state index contributed by atoms with van der Waals surface area (Å²) in [4.78, 5) is 34.8. The average Bonchev–Trinajstić information content (AvgIpc) is 3.16. The van der Waals surface area contributed by atoms with E-state index in [2.05, 4.69) is 32.2 Å². The Labute approximate surface area is 200 Å². The Morgan fingerprint density at radius 2 is 1.76 bits per heavy atom. The zero-order chi connectivity index (χ0) is 24.2. The number of fused-ring (bicyclic) bond motifs is 1. The van der Waals surface area contributed by atoms with E-state index in [1.807, 2.05) is 38.1 Å². The Bertz CT molecular complexity index is 1200. The molecule has 9 heteroatoms. The van der Waals surface area contributed by atoms with Crippen LogP contribution in [0.1, 0.15) is 29.8 Å². The van der Waals surface area contributed by atoms with Crippen molar-refractivity contribution in [2.45, 2.75) is 33.1 Å². The summed E-state index contributed by atoms with van der Waals surface area (Å²) >= 11 is 0. The molecule has 3 heterocycles. The fourth-order valence-corrected chi connectivity index (χ4v) is 4.36. The molecule has 2 aromatic heterocycles. The molecule has 9 nitrogen and oxygen atoms in total. The van der Waals surface area contributed by atoms with Gasteiger partial charge in [0.1, 0.15) is 11.2 Å². The van der Waals surface area contributed by atoms with Crippen molar-refractivity contribution in [3.8, 4) is 5.69 Å². The highest BCUT2D eigenvalue weighted by atomic mass is 16.1. The molecule has 1 aliphatic heterocycles. The second kappa shape index (κ2) is 10.5. The molecule has 0 spiro atoms. The smallest absolute Gasteiger partial charge is 0.273 e. The van der Waals surface area contributed by atoms with Crippen LogP contribution < -0.4 is 10.9 Å². The maximum Gasteiger partial charge on any atom is 0.273 e. The van der Waals surface area contributed by atoms with E-state index in [1.54, 1.807) is 16.3 Å². The molecule has 1 N–H and O–H groups in total. The molecule has 0 aliphatic carbocycles. The van der Waals surface area contributed by atoms with Crippen LogP contribution >= 0.6 is 0 Å². The van der Waals surface area contributed by atoms with Gasteiger partial charge < -0.3 is 15.1 Å². The summed E-state index contributed by atoms with van der Waals surface area (Å²) in [7, 11) is 3.88. The summed E-state index contributed by atoms with van der Waals surface area (Å²) in [6.45, 7) is 9.94. The monoisotopic (exact) mass is 465 g/mol. The van der Waals surface area contributed by atoms with Crippen molar-refractivity contribution >= 4 is 17.1 Å². The lowest BCUT2D eigenvalue weighted by atomic mass is 10.2. The predicted octanol–water partition coefficient (Wildman–Crippen LogP) is 1.42. The molecule has 1 aromatic carbocycles. The first-order chi connectivity index (χ1) is 16.3. The van der Waals surface area contributed by atoms with Crippen molar-refractivity contribution < 1.29 is 4.79 Å². The molecule has 1 saturated heterocycles. The minimum absolute atomic E-state index is 0.0469. The van der Waals surface area contributed by atoms with Gasteiger partial charge in [-0.2, -0.15) is 5.10 Å². The predicted molar refractivity (Wildman–Crippen MR) is 133 cm³/mol. The molecule has 182 valence electrons.